The highest BCUT2D eigenvalue weighted by molar-refractivity contribution is 6.37. The molecule has 3 amide bonds. The third-order valence-electron chi connectivity index (χ3n) is 4.74. The molecule has 1 N–H and O–H groups in total. The normalized spacial score (nSPS) is 20.1. The summed E-state index contributed by atoms with van der Waals surface area (Å²) in [6.45, 7) is 2.03. The first-order valence-corrected chi connectivity index (χ1v) is 9.14. The zero-order chi connectivity index (χ0) is 22.8. The highest BCUT2D eigenvalue weighted by Gasteiger charge is 2.39. The molecule has 0 saturated carbocycles. The number of carbonyl (C=O) groups is 3. The molecule has 0 spiro atoms. The highest BCUT2D eigenvalue weighted by atomic mass is 35.5. The maximum atomic E-state index is 14.0. The lowest BCUT2D eigenvalue weighted by atomic mass is 9.89. The van der Waals surface area contributed by atoms with Crippen LogP contribution in [0, 0.1) is 17.6 Å². The van der Waals surface area contributed by atoms with Crippen molar-refractivity contribution < 1.29 is 36.3 Å². The SMILES string of the molecule is CC(=NC(=O)C(=O)N1CCCC(C(=O)Nc2ccc(F)c(Cl)c2F)C1C)C(F)(F)F. The fraction of sp³-hybridized carbons (Fsp3) is 0.444. The number of hydrogen-bond acceptors (Lipinski definition) is 3. The van der Waals surface area contributed by atoms with Crippen molar-refractivity contribution in [1.29, 1.82) is 0 Å². The van der Waals surface area contributed by atoms with E-state index in [1.807, 2.05) is 0 Å². The van der Waals surface area contributed by atoms with Crippen molar-refractivity contribution in [2.75, 3.05) is 11.9 Å². The molecule has 0 bridgehead atoms. The molecule has 12 heteroatoms. The largest absolute Gasteiger partial charge is 0.429 e. The standard InChI is InChI=1S/C18H17ClF5N3O3/c1-8-10(15(28)26-12-6-5-11(20)13(19)14(12)21)4-3-7-27(8)17(30)16(29)25-9(2)18(22,23)24/h5-6,8,10H,3-4,7H2,1-2H3,(H,26,28). The van der Waals surface area contributed by atoms with Crippen LogP contribution in [-0.4, -0.2) is 47.1 Å². The number of alkyl halides is 3. The van der Waals surface area contributed by atoms with E-state index < -0.39 is 58.2 Å². The van der Waals surface area contributed by atoms with Crippen LogP contribution in [-0.2, 0) is 14.4 Å². The second-order valence-corrected chi connectivity index (χ2v) is 7.08. The Kier molecular flexibility index (Phi) is 7.17. The molecule has 1 fully saturated rings. The van der Waals surface area contributed by atoms with Crippen molar-refractivity contribution in [3.05, 3.63) is 28.8 Å². The predicted molar refractivity (Wildman–Crippen MR) is 98.1 cm³/mol. The number of hydrogen-bond donors (Lipinski definition) is 1. The average molecular weight is 454 g/mol. The predicted octanol–water partition coefficient (Wildman–Crippen LogP) is 3.73. The molecule has 1 saturated heterocycles. The molecular formula is C18H17ClF5N3O3. The van der Waals surface area contributed by atoms with Gasteiger partial charge in [0.2, 0.25) is 5.91 Å². The summed E-state index contributed by atoms with van der Waals surface area (Å²) in [5.74, 6) is -6.68. The van der Waals surface area contributed by atoms with Gasteiger partial charge in [0, 0.05) is 12.6 Å². The number of likely N-dealkylation sites (tertiary alicyclic amines) is 1. The van der Waals surface area contributed by atoms with Crippen molar-refractivity contribution in [2.24, 2.45) is 10.9 Å². The van der Waals surface area contributed by atoms with Gasteiger partial charge in [-0.2, -0.15) is 13.2 Å². The summed E-state index contributed by atoms with van der Waals surface area (Å²) in [7, 11) is 0. The maximum Gasteiger partial charge on any atom is 0.429 e. The fourth-order valence-electron chi connectivity index (χ4n) is 3.01. The quantitative estimate of drug-likeness (QED) is 0.321. The summed E-state index contributed by atoms with van der Waals surface area (Å²) < 4.78 is 64.8. The summed E-state index contributed by atoms with van der Waals surface area (Å²) in [4.78, 5) is 40.4. The number of amides is 3. The number of anilines is 1. The van der Waals surface area contributed by atoms with Crippen LogP contribution in [0.1, 0.15) is 26.7 Å². The maximum absolute atomic E-state index is 14.0. The Morgan fingerprint density at radius 1 is 1.23 bits per heavy atom. The lowest BCUT2D eigenvalue weighted by molar-refractivity contribution is -0.148. The van der Waals surface area contributed by atoms with Gasteiger partial charge in [-0.05, 0) is 38.8 Å². The Morgan fingerprint density at radius 2 is 1.87 bits per heavy atom. The molecule has 30 heavy (non-hydrogen) atoms. The number of halogens is 6. The molecule has 0 aliphatic carbocycles. The number of piperidine rings is 1. The van der Waals surface area contributed by atoms with Gasteiger partial charge in [0.1, 0.15) is 16.6 Å². The summed E-state index contributed by atoms with van der Waals surface area (Å²) >= 11 is 5.47. The molecule has 1 aromatic carbocycles. The minimum absolute atomic E-state index is 0.0346. The van der Waals surface area contributed by atoms with E-state index in [2.05, 4.69) is 10.3 Å². The molecule has 6 nitrogen and oxygen atoms in total. The van der Waals surface area contributed by atoms with Crippen LogP contribution in [0.25, 0.3) is 0 Å². The lowest BCUT2D eigenvalue weighted by Crippen LogP contribution is -2.52. The Labute approximate surface area is 173 Å². The summed E-state index contributed by atoms with van der Waals surface area (Å²) in [6.07, 6.45) is -4.31. The van der Waals surface area contributed by atoms with Crippen molar-refractivity contribution in [1.82, 2.24) is 4.90 Å². The molecule has 1 aliphatic heterocycles. The number of nitrogens with one attached hydrogen (secondary N) is 1. The Balaban J connectivity index is 2.15. The summed E-state index contributed by atoms with van der Waals surface area (Å²) in [5, 5.41) is 1.45. The number of rotatable bonds is 2. The molecule has 2 unspecified atom stereocenters. The van der Waals surface area contributed by atoms with Gasteiger partial charge in [-0.25, -0.2) is 13.8 Å². The molecule has 2 atom stereocenters. The van der Waals surface area contributed by atoms with Crippen molar-refractivity contribution >= 4 is 40.7 Å². The molecule has 0 radical (unpaired) electrons. The van der Waals surface area contributed by atoms with E-state index in [0.717, 1.165) is 17.0 Å². The van der Waals surface area contributed by atoms with Gasteiger partial charge in [0.25, 0.3) is 0 Å². The van der Waals surface area contributed by atoms with Crippen LogP contribution in [0.3, 0.4) is 0 Å². The highest BCUT2D eigenvalue weighted by Crippen LogP contribution is 2.29. The lowest BCUT2D eigenvalue weighted by Gasteiger charge is -2.37. The molecule has 164 valence electrons. The van der Waals surface area contributed by atoms with Gasteiger partial charge < -0.3 is 10.2 Å². The van der Waals surface area contributed by atoms with Crippen LogP contribution in [0.2, 0.25) is 5.02 Å². The van der Waals surface area contributed by atoms with Crippen LogP contribution >= 0.6 is 11.6 Å². The van der Waals surface area contributed by atoms with E-state index in [-0.39, 0.29) is 25.1 Å². The van der Waals surface area contributed by atoms with Crippen molar-refractivity contribution in [3.8, 4) is 0 Å². The Hall–Kier alpha value is -2.56. The van der Waals surface area contributed by atoms with Crippen LogP contribution < -0.4 is 5.32 Å². The van der Waals surface area contributed by atoms with E-state index in [1.165, 1.54) is 6.92 Å². The van der Waals surface area contributed by atoms with Gasteiger partial charge in [-0.3, -0.25) is 14.4 Å². The van der Waals surface area contributed by atoms with Gasteiger partial charge in [-0.1, -0.05) is 11.6 Å². The second kappa shape index (κ2) is 9.07. The van der Waals surface area contributed by atoms with Crippen LogP contribution in [0.15, 0.2) is 17.1 Å². The minimum Gasteiger partial charge on any atom is -0.331 e. The van der Waals surface area contributed by atoms with Gasteiger partial charge in [0.05, 0.1) is 11.6 Å². The number of benzene rings is 1. The number of carbonyl (C=O) groups excluding carboxylic acids is 3. The molecule has 0 aromatic heterocycles. The third kappa shape index (κ3) is 5.13. The molecule has 1 aromatic rings. The van der Waals surface area contributed by atoms with Crippen molar-refractivity contribution in [3.63, 3.8) is 0 Å². The molecular weight excluding hydrogens is 437 g/mol. The topological polar surface area (TPSA) is 78.8 Å². The molecule has 1 heterocycles. The van der Waals surface area contributed by atoms with Crippen molar-refractivity contribution in [2.45, 2.75) is 38.9 Å². The molecule has 1 aliphatic rings. The van der Waals surface area contributed by atoms with E-state index in [0.29, 0.717) is 6.92 Å². The second-order valence-electron chi connectivity index (χ2n) is 6.70. The zero-order valence-electron chi connectivity index (χ0n) is 15.8. The first-order valence-electron chi connectivity index (χ1n) is 8.76. The monoisotopic (exact) mass is 453 g/mol. The first-order chi connectivity index (χ1) is 13.8. The average Bonchev–Trinajstić information content (AvgIpc) is 2.67. The smallest absolute Gasteiger partial charge is 0.331 e. The Morgan fingerprint density at radius 3 is 2.47 bits per heavy atom. The summed E-state index contributed by atoms with van der Waals surface area (Å²) in [5.41, 5.74) is -1.84. The van der Waals surface area contributed by atoms with Crippen LogP contribution in [0.5, 0.6) is 0 Å². The van der Waals surface area contributed by atoms with Gasteiger partial charge in [0.15, 0.2) is 5.82 Å². The summed E-state index contributed by atoms with van der Waals surface area (Å²) in [6, 6.07) is 0.958. The Bertz CT molecular complexity index is 904. The third-order valence-corrected chi connectivity index (χ3v) is 5.09. The van der Waals surface area contributed by atoms with E-state index in [4.69, 9.17) is 11.6 Å². The fourth-order valence-corrected chi connectivity index (χ4v) is 3.18. The van der Waals surface area contributed by atoms with Gasteiger partial charge in [-0.15, -0.1) is 0 Å². The molecule has 2 rings (SSSR count). The number of aliphatic imine (C=N–C) groups is 1. The van der Waals surface area contributed by atoms with Gasteiger partial charge >= 0.3 is 18.0 Å². The minimum atomic E-state index is -4.85. The number of nitrogens with zero attached hydrogens (tertiary/aromatic N) is 2. The van der Waals surface area contributed by atoms with E-state index >= 15 is 0 Å². The first kappa shape index (κ1) is 23.7. The van der Waals surface area contributed by atoms with E-state index in [1.54, 1.807) is 0 Å². The van der Waals surface area contributed by atoms with E-state index in [9.17, 15) is 36.3 Å². The zero-order valence-corrected chi connectivity index (χ0v) is 16.6. The van der Waals surface area contributed by atoms with Crippen LogP contribution in [0.4, 0.5) is 27.6 Å².